The smallest absolute Gasteiger partial charge is 0.310 e. The molecule has 0 bridgehead atoms. The SMILES string of the molecule is Cc1cccc(C2C(C(=O)C(C)(C)C)=C(O)C(=O)N2c2ccc(CC(=O)OC(C)C)cc2)c1. The molecule has 0 saturated carbocycles. The highest BCUT2D eigenvalue weighted by Crippen LogP contribution is 2.43. The third-order valence-corrected chi connectivity index (χ3v) is 5.42. The zero-order valence-corrected chi connectivity index (χ0v) is 20.0. The number of esters is 1. The molecule has 3 rings (SSSR count). The normalized spacial score (nSPS) is 16.5. The van der Waals surface area contributed by atoms with Gasteiger partial charge in [0.2, 0.25) is 0 Å². The van der Waals surface area contributed by atoms with Crippen molar-refractivity contribution in [2.75, 3.05) is 4.90 Å². The van der Waals surface area contributed by atoms with Crippen LogP contribution in [0.2, 0.25) is 0 Å². The second-order valence-corrected chi connectivity index (χ2v) is 9.72. The van der Waals surface area contributed by atoms with Crippen LogP contribution in [-0.4, -0.2) is 28.9 Å². The van der Waals surface area contributed by atoms with Gasteiger partial charge in [-0.25, -0.2) is 0 Å². The molecule has 0 fully saturated rings. The Morgan fingerprint density at radius 3 is 2.27 bits per heavy atom. The molecule has 6 heteroatoms. The number of carbonyl (C=O) groups is 3. The predicted octanol–water partition coefficient (Wildman–Crippen LogP) is 5.00. The fraction of sp³-hybridized carbons (Fsp3) is 0.370. The van der Waals surface area contributed by atoms with Gasteiger partial charge in [-0.2, -0.15) is 0 Å². The number of hydrogen-bond donors (Lipinski definition) is 1. The first-order chi connectivity index (χ1) is 15.4. The number of nitrogens with zero attached hydrogens (tertiary/aromatic N) is 1. The molecule has 33 heavy (non-hydrogen) atoms. The van der Waals surface area contributed by atoms with Gasteiger partial charge in [0.15, 0.2) is 11.5 Å². The van der Waals surface area contributed by atoms with Crippen LogP contribution in [0.4, 0.5) is 5.69 Å². The van der Waals surface area contributed by atoms with Crippen LogP contribution in [0.15, 0.2) is 59.9 Å². The van der Waals surface area contributed by atoms with Crippen molar-refractivity contribution in [2.24, 2.45) is 5.41 Å². The van der Waals surface area contributed by atoms with E-state index in [2.05, 4.69) is 0 Å². The maximum absolute atomic E-state index is 13.3. The standard InChI is InChI=1S/C27H31NO5/c1-16(2)33-21(29)15-18-10-12-20(13-11-18)28-23(19-9-7-8-17(3)14-19)22(24(30)26(28)32)25(31)27(4,5)6/h7-14,16,23,30H,15H2,1-6H3. The zero-order valence-electron chi connectivity index (χ0n) is 20.0. The first-order valence-electron chi connectivity index (χ1n) is 11.1. The fourth-order valence-electron chi connectivity index (χ4n) is 3.91. The second-order valence-electron chi connectivity index (χ2n) is 9.72. The number of aliphatic hydroxyl groups excluding tert-OH is 1. The minimum Gasteiger partial charge on any atom is -0.503 e. The Morgan fingerprint density at radius 1 is 1.09 bits per heavy atom. The molecule has 1 N–H and O–H groups in total. The number of anilines is 1. The van der Waals surface area contributed by atoms with Crippen LogP contribution in [0, 0.1) is 12.3 Å². The lowest BCUT2D eigenvalue weighted by atomic mass is 9.82. The Kier molecular flexibility index (Phi) is 6.77. The van der Waals surface area contributed by atoms with Crippen molar-refractivity contribution >= 4 is 23.3 Å². The number of ether oxygens (including phenoxy) is 1. The van der Waals surface area contributed by atoms with E-state index in [1.807, 2.05) is 31.2 Å². The molecule has 1 atom stereocenters. The molecular weight excluding hydrogens is 418 g/mol. The average molecular weight is 450 g/mol. The second kappa shape index (κ2) is 9.22. The maximum atomic E-state index is 13.3. The summed E-state index contributed by atoms with van der Waals surface area (Å²) in [4.78, 5) is 39.9. The largest absolute Gasteiger partial charge is 0.503 e. The summed E-state index contributed by atoms with van der Waals surface area (Å²) < 4.78 is 5.19. The topological polar surface area (TPSA) is 83.9 Å². The van der Waals surface area contributed by atoms with E-state index < -0.39 is 23.1 Å². The summed E-state index contributed by atoms with van der Waals surface area (Å²) >= 11 is 0. The number of hydrogen-bond acceptors (Lipinski definition) is 5. The van der Waals surface area contributed by atoms with Crippen molar-refractivity contribution < 1.29 is 24.2 Å². The molecule has 2 aromatic carbocycles. The van der Waals surface area contributed by atoms with Gasteiger partial charge in [-0.05, 0) is 44.0 Å². The number of amides is 1. The summed E-state index contributed by atoms with van der Waals surface area (Å²) in [5, 5.41) is 10.8. The quantitative estimate of drug-likeness (QED) is 0.627. The zero-order chi connectivity index (χ0) is 24.5. The Labute approximate surface area is 194 Å². The van der Waals surface area contributed by atoms with Crippen molar-refractivity contribution in [1.29, 1.82) is 0 Å². The number of carbonyl (C=O) groups excluding carboxylic acids is 3. The van der Waals surface area contributed by atoms with Crippen LogP contribution in [-0.2, 0) is 25.5 Å². The van der Waals surface area contributed by atoms with Gasteiger partial charge in [0.25, 0.3) is 5.91 Å². The highest BCUT2D eigenvalue weighted by atomic mass is 16.5. The van der Waals surface area contributed by atoms with E-state index in [0.29, 0.717) is 5.69 Å². The number of aliphatic hydroxyl groups is 1. The van der Waals surface area contributed by atoms with E-state index in [1.54, 1.807) is 58.9 Å². The van der Waals surface area contributed by atoms with Crippen molar-refractivity contribution in [1.82, 2.24) is 0 Å². The van der Waals surface area contributed by atoms with Crippen molar-refractivity contribution in [3.05, 3.63) is 76.6 Å². The fourth-order valence-corrected chi connectivity index (χ4v) is 3.91. The lowest BCUT2D eigenvalue weighted by Gasteiger charge is -2.29. The molecular formula is C27H31NO5. The van der Waals surface area contributed by atoms with Gasteiger partial charge >= 0.3 is 5.97 Å². The summed E-state index contributed by atoms with van der Waals surface area (Å²) in [5.74, 6) is -1.76. The van der Waals surface area contributed by atoms with Crippen molar-refractivity contribution in [2.45, 2.75) is 60.1 Å². The molecule has 0 radical (unpaired) electrons. The number of benzene rings is 2. The van der Waals surface area contributed by atoms with Crippen molar-refractivity contribution in [3.8, 4) is 0 Å². The predicted molar refractivity (Wildman–Crippen MR) is 127 cm³/mol. The van der Waals surface area contributed by atoms with E-state index in [4.69, 9.17) is 4.74 Å². The number of aryl methyl sites for hydroxylation is 1. The molecule has 1 aliphatic heterocycles. The number of ketones is 1. The molecule has 1 unspecified atom stereocenters. The number of rotatable bonds is 6. The lowest BCUT2D eigenvalue weighted by molar-refractivity contribution is -0.146. The first-order valence-corrected chi connectivity index (χ1v) is 11.1. The summed E-state index contributed by atoms with van der Waals surface area (Å²) in [5.41, 5.74) is 2.31. The first kappa shape index (κ1) is 24.2. The summed E-state index contributed by atoms with van der Waals surface area (Å²) in [7, 11) is 0. The van der Waals surface area contributed by atoms with Gasteiger partial charge in [-0.15, -0.1) is 0 Å². The van der Waals surface area contributed by atoms with Crippen LogP contribution >= 0.6 is 0 Å². The molecule has 174 valence electrons. The molecule has 1 heterocycles. The Morgan fingerprint density at radius 2 is 1.73 bits per heavy atom. The van der Waals surface area contributed by atoms with Crippen LogP contribution < -0.4 is 4.90 Å². The van der Waals surface area contributed by atoms with Crippen LogP contribution in [0.1, 0.15) is 57.4 Å². The van der Waals surface area contributed by atoms with E-state index >= 15 is 0 Å². The van der Waals surface area contributed by atoms with E-state index in [-0.39, 0.29) is 29.9 Å². The summed E-state index contributed by atoms with van der Waals surface area (Å²) in [6, 6.07) is 13.7. The highest BCUT2D eigenvalue weighted by molar-refractivity contribution is 6.17. The third kappa shape index (κ3) is 5.16. The van der Waals surface area contributed by atoms with Crippen LogP contribution in [0.3, 0.4) is 0 Å². The average Bonchev–Trinajstić information content (AvgIpc) is 2.97. The molecule has 2 aromatic rings. The van der Waals surface area contributed by atoms with E-state index in [9.17, 15) is 19.5 Å². The molecule has 0 saturated heterocycles. The van der Waals surface area contributed by atoms with Gasteiger partial charge in [0, 0.05) is 11.1 Å². The molecule has 1 amide bonds. The number of Topliss-reactive ketones (excluding diaryl/α,β-unsaturated/α-hetero) is 1. The lowest BCUT2D eigenvalue weighted by Crippen LogP contribution is -2.32. The molecule has 0 aromatic heterocycles. The minimum absolute atomic E-state index is 0.0997. The van der Waals surface area contributed by atoms with E-state index in [0.717, 1.165) is 16.7 Å². The van der Waals surface area contributed by atoms with Gasteiger partial charge < -0.3 is 9.84 Å². The molecule has 0 aliphatic carbocycles. The van der Waals surface area contributed by atoms with Crippen molar-refractivity contribution in [3.63, 3.8) is 0 Å². The van der Waals surface area contributed by atoms with Gasteiger partial charge in [-0.1, -0.05) is 62.7 Å². The monoisotopic (exact) mass is 449 g/mol. The molecule has 6 nitrogen and oxygen atoms in total. The highest BCUT2D eigenvalue weighted by Gasteiger charge is 2.46. The van der Waals surface area contributed by atoms with Gasteiger partial charge in [0.1, 0.15) is 0 Å². The van der Waals surface area contributed by atoms with E-state index in [1.165, 1.54) is 4.90 Å². The Bertz CT molecular complexity index is 1110. The van der Waals surface area contributed by atoms with Gasteiger partial charge in [-0.3, -0.25) is 19.3 Å². The Hall–Kier alpha value is -3.41. The third-order valence-electron chi connectivity index (χ3n) is 5.42. The van der Waals surface area contributed by atoms with Crippen LogP contribution in [0.25, 0.3) is 0 Å². The molecule has 1 aliphatic rings. The van der Waals surface area contributed by atoms with Gasteiger partial charge in [0.05, 0.1) is 24.1 Å². The molecule has 0 spiro atoms. The minimum atomic E-state index is -0.775. The maximum Gasteiger partial charge on any atom is 0.310 e. The summed E-state index contributed by atoms with van der Waals surface area (Å²) in [6.07, 6.45) is -0.0766. The Balaban J connectivity index is 2.02. The van der Waals surface area contributed by atoms with Crippen LogP contribution in [0.5, 0.6) is 0 Å². The summed E-state index contributed by atoms with van der Waals surface area (Å²) in [6.45, 7) is 10.8.